The van der Waals surface area contributed by atoms with E-state index in [1.807, 2.05) is 0 Å². The van der Waals surface area contributed by atoms with Crippen molar-refractivity contribution < 1.29 is 31.4 Å². The minimum atomic E-state index is -4.78. The summed E-state index contributed by atoms with van der Waals surface area (Å²) < 4.78 is 68.5. The van der Waals surface area contributed by atoms with Gasteiger partial charge in [-0.25, -0.2) is 8.78 Å². The van der Waals surface area contributed by atoms with Crippen molar-refractivity contribution in [3.8, 4) is 5.75 Å². The van der Waals surface area contributed by atoms with Gasteiger partial charge < -0.3 is 10.5 Å². The van der Waals surface area contributed by atoms with Gasteiger partial charge in [0.15, 0.2) is 11.6 Å². The molecule has 1 rings (SSSR count). The van der Waals surface area contributed by atoms with Crippen LogP contribution in [0.4, 0.5) is 27.6 Å². The Balaban J connectivity index is 2.50. The molecule has 96 valence electrons. The first-order valence-corrected chi connectivity index (χ1v) is 4.37. The van der Waals surface area contributed by atoms with E-state index < -0.39 is 42.6 Å². The highest BCUT2D eigenvalue weighted by Gasteiger charge is 2.28. The number of anilines is 1. The summed E-state index contributed by atoms with van der Waals surface area (Å²) in [5, 5.41) is 0. The predicted molar refractivity (Wildman–Crippen MR) is 48.3 cm³/mol. The van der Waals surface area contributed by atoms with Crippen molar-refractivity contribution >= 4 is 5.69 Å². The van der Waals surface area contributed by atoms with Crippen molar-refractivity contribution in [2.24, 2.45) is 0 Å². The molecule has 0 aliphatic rings. The molecule has 0 fully saturated rings. The van der Waals surface area contributed by atoms with Crippen LogP contribution in [0.25, 0.3) is 0 Å². The molecule has 0 bridgehead atoms. The Morgan fingerprint density at radius 2 is 1.71 bits per heavy atom. The summed E-state index contributed by atoms with van der Waals surface area (Å²) in [6.45, 7) is -1.39. The van der Waals surface area contributed by atoms with E-state index in [2.05, 4.69) is 9.47 Å². The van der Waals surface area contributed by atoms with Gasteiger partial charge in [0.25, 0.3) is 0 Å². The molecule has 0 saturated heterocycles. The zero-order valence-corrected chi connectivity index (χ0v) is 8.35. The van der Waals surface area contributed by atoms with Crippen LogP contribution >= 0.6 is 0 Å². The zero-order valence-electron chi connectivity index (χ0n) is 8.35. The molecule has 0 radical (unpaired) electrons. The molecule has 8 heteroatoms. The predicted octanol–water partition coefficient (Wildman–Crippen LogP) is 2.46. The van der Waals surface area contributed by atoms with Gasteiger partial charge in [0.1, 0.15) is 12.4 Å². The lowest BCUT2D eigenvalue weighted by Crippen LogP contribution is -2.18. The van der Waals surface area contributed by atoms with E-state index in [-0.39, 0.29) is 0 Å². The molecule has 17 heavy (non-hydrogen) atoms. The lowest BCUT2D eigenvalue weighted by molar-refractivity contribution is -0.325. The Morgan fingerprint density at radius 3 is 2.29 bits per heavy atom. The monoisotopic (exact) mass is 257 g/mol. The molecule has 0 spiro atoms. The van der Waals surface area contributed by atoms with Gasteiger partial charge in [-0.15, -0.1) is 13.2 Å². The van der Waals surface area contributed by atoms with Crippen molar-refractivity contribution in [3.63, 3.8) is 0 Å². The van der Waals surface area contributed by atoms with E-state index in [1.165, 1.54) is 0 Å². The molecule has 0 aliphatic heterocycles. The summed E-state index contributed by atoms with van der Waals surface area (Å²) in [5.41, 5.74) is 4.64. The Kier molecular flexibility index (Phi) is 4.11. The standard InChI is InChI=1S/C9H8F5NO2/c10-5-4-8(6(11)3-7(5)15)16-1-2-17-9(12,13)14/h3-4H,1-2,15H2. The third-order valence-electron chi connectivity index (χ3n) is 1.66. The number of hydrogen-bond donors (Lipinski definition) is 1. The van der Waals surface area contributed by atoms with Crippen LogP contribution in [0.1, 0.15) is 0 Å². The van der Waals surface area contributed by atoms with Gasteiger partial charge in [-0.05, 0) is 0 Å². The molecule has 0 unspecified atom stereocenters. The number of hydrogen-bond acceptors (Lipinski definition) is 3. The van der Waals surface area contributed by atoms with Gasteiger partial charge in [0, 0.05) is 12.1 Å². The van der Waals surface area contributed by atoms with Crippen LogP contribution in [0.3, 0.4) is 0 Å². The van der Waals surface area contributed by atoms with Crippen LogP contribution in [0.15, 0.2) is 12.1 Å². The molecule has 0 amide bonds. The van der Waals surface area contributed by atoms with Gasteiger partial charge in [0.05, 0.1) is 12.3 Å². The van der Waals surface area contributed by atoms with Crippen LogP contribution in [0.5, 0.6) is 5.75 Å². The number of ether oxygens (including phenoxy) is 2. The SMILES string of the molecule is Nc1cc(F)c(OCCOC(F)(F)F)cc1F. The Bertz CT molecular complexity index is 394. The minimum absolute atomic E-state index is 0.415. The van der Waals surface area contributed by atoms with E-state index in [0.29, 0.717) is 12.1 Å². The normalized spacial score (nSPS) is 11.6. The average Bonchev–Trinajstić information content (AvgIpc) is 2.18. The highest BCUT2D eigenvalue weighted by molar-refractivity contribution is 5.44. The second kappa shape index (κ2) is 5.17. The molecular formula is C9H8F5NO2. The highest BCUT2D eigenvalue weighted by atomic mass is 19.4. The largest absolute Gasteiger partial charge is 0.522 e. The summed E-state index contributed by atoms with van der Waals surface area (Å²) in [7, 11) is 0. The van der Waals surface area contributed by atoms with Crippen LogP contribution in [0, 0.1) is 11.6 Å². The first kappa shape index (κ1) is 13.5. The fourth-order valence-corrected chi connectivity index (χ4v) is 0.964. The molecule has 0 aromatic heterocycles. The van der Waals surface area contributed by atoms with Crippen molar-refractivity contribution in [2.75, 3.05) is 18.9 Å². The average molecular weight is 257 g/mol. The second-order valence-corrected chi connectivity index (χ2v) is 2.95. The topological polar surface area (TPSA) is 44.5 Å². The maximum Gasteiger partial charge on any atom is 0.522 e. The van der Waals surface area contributed by atoms with Crippen LogP contribution in [-0.4, -0.2) is 19.6 Å². The fraction of sp³-hybridized carbons (Fsp3) is 0.333. The Labute approximate surface area is 92.9 Å². The summed E-state index contributed by atoms with van der Waals surface area (Å²) in [6.07, 6.45) is -4.78. The molecule has 1 aromatic carbocycles. The summed E-state index contributed by atoms with van der Waals surface area (Å²) in [6, 6.07) is 1.33. The third kappa shape index (κ3) is 4.43. The van der Waals surface area contributed by atoms with Gasteiger partial charge in [0.2, 0.25) is 0 Å². The number of halogens is 5. The number of nitrogen functional groups attached to an aromatic ring is 1. The third-order valence-corrected chi connectivity index (χ3v) is 1.66. The maximum absolute atomic E-state index is 13.1. The zero-order chi connectivity index (χ0) is 13.1. The molecule has 1 aromatic rings. The van der Waals surface area contributed by atoms with Crippen molar-refractivity contribution in [3.05, 3.63) is 23.8 Å². The molecule has 2 N–H and O–H groups in total. The van der Waals surface area contributed by atoms with Gasteiger partial charge >= 0.3 is 6.36 Å². The van der Waals surface area contributed by atoms with Crippen LogP contribution in [0.2, 0.25) is 0 Å². The highest BCUT2D eigenvalue weighted by Crippen LogP contribution is 2.23. The summed E-state index contributed by atoms with van der Waals surface area (Å²) >= 11 is 0. The van der Waals surface area contributed by atoms with Gasteiger partial charge in [-0.1, -0.05) is 0 Å². The number of nitrogens with two attached hydrogens (primary N) is 1. The van der Waals surface area contributed by atoms with E-state index in [4.69, 9.17) is 5.73 Å². The molecule has 0 aliphatic carbocycles. The van der Waals surface area contributed by atoms with Crippen LogP contribution in [-0.2, 0) is 4.74 Å². The minimum Gasteiger partial charge on any atom is -0.488 e. The Morgan fingerprint density at radius 1 is 1.06 bits per heavy atom. The summed E-state index contributed by atoms with van der Waals surface area (Å²) in [4.78, 5) is 0. The van der Waals surface area contributed by atoms with E-state index in [1.54, 1.807) is 0 Å². The molecule has 0 heterocycles. The molecule has 3 nitrogen and oxygen atoms in total. The van der Waals surface area contributed by atoms with Crippen molar-refractivity contribution in [1.29, 1.82) is 0 Å². The first-order chi connectivity index (χ1) is 7.79. The maximum atomic E-state index is 13.1. The molecular weight excluding hydrogens is 249 g/mol. The lowest BCUT2D eigenvalue weighted by Gasteiger charge is -2.10. The quantitative estimate of drug-likeness (QED) is 0.512. The molecule has 0 atom stereocenters. The number of alkyl halides is 3. The van der Waals surface area contributed by atoms with Crippen LogP contribution < -0.4 is 10.5 Å². The second-order valence-electron chi connectivity index (χ2n) is 2.95. The molecule has 0 saturated carbocycles. The first-order valence-electron chi connectivity index (χ1n) is 4.37. The van der Waals surface area contributed by atoms with Crippen molar-refractivity contribution in [1.82, 2.24) is 0 Å². The van der Waals surface area contributed by atoms with Gasteiger partial charge in [-0.3, -0.25) is 4.74 Å². The lowest BCUT2D eigenvalue weighted by atomic mass is 10.3. The number of benzene rings is 1. The van der Waals surface area contributed by atoms with E-state index in [9.17, 15) is 22.0 Å². The number of rotatable bonds is 4. The fourth-order valence-electron chi connectivity index (χ4n) is 0.964. The summed E-state index contributed by atoms with van der Waals surface area (Å²) in [5.74, 6) is -2.41. The van der Waals surface area contributed by atoms with Gasteiger partial charge in [-0.2, -0.15) is 0 Å². The smallest absolute Gasteiger partial charge is 0.488 e. The van der Waals surface area contributed by atoms with Crippen molar-refractivity contribution in [2.45, 2.75) is 6.36 Å². The van der Waals surface area contributed by atoms with E-state index >= 15 is 0 Å². The van der Waals surface area contributed by atoms with E-state index in [0.717, 1.165) is 0 Å². The Hall–Kier alpha value is -1.57.